The number of aromatic nitrogens is 2. The quantitative estimate of drug-likeness (QED) is 0.329. The SMILES string of the molecule is COC(=O)c1c(NC(=O)CSC2=NC(=Cc3cnn(C)c3)C(=O)N2CC(C)C)sc2c1CCCCC2. The molecular formula is C25H31N5O4S2. The number of rotatable bonds is 7. The van der Waals surface area contributed by atoms with Gasteiger partial charge in [0.25, 0.3) is 5.91 Å². The number of carbonyl (C=O) groups excluding carboxylic acids is 3. The van der Waals surface area contributed by atoms with Crippen molar-refractivity contribution in [3.8, 4) is 0 Å². The maximum absolute atomic E-state index is 13.0. The van der Waals surface area contributed by atoms with Gasteiger partial charge in [-0.2, -0.15) is 5.10 Å². The largest absolute Gasteiger partial charge is 0.465 e. The van der Waals surface area contributed by atoms with Crippen molar-refractivity contribution in [2.24, 2.45) is 18.0 Å². The number of amidine groups is 1. The normalized spacial score (nSPS) is 16.8. The first-order chi connectivity index (χ1) is 17.3. The van der Waals surface area contributed by atoms with Crippen LogP contribution in [0.15, 0.2) is 23.1 Å². The summed E-state index contributed by atoms with van der Waals surface area (Å²) < 4.78 is 6.69. The second-order valence-electron chi connectivity index (χ2n) is 9.28. The Morgan fingerprint density at radius 1 is 1.28 bits per heavy atom. The maximum atomic E-state index is 13.0. The average Bonchev–Trinajstić information content (AvgIpc) is 3.42. The number of thioether (sulfide) groups is 1. The highest BCUT2D eigenvalue weighted by atomic mass is 32.2. The Labute approximate surface area is 219 Å². The van der Waals surface area contributed by atoms with Gasteiger partial charge in [0, 0.05) is 30.2 Å². The molecule has 0 unspecified atom stereocenters. The molecule has 1 aliphatic heterocycles. The van der Waals surface area contributed by atoms with Crippen LogP contribution in [0.2, 0.25) is 0 Å². The minimum atomic E-state index is -0.420. The number of thiophene rings is 1. The number of anilines is 1. The van der Waals surface area contributed by atoms with Crippen LogP contribution in [0.1, 0.15) is 59.5 Å². The molecule has 2 aromatic rings. The van der Waals surface area contributed by atoms with E-state index < -0.39 is 5.97 Å². The molecule has 0 atom stereocenters. The predicted octanol–water partition coefficient (Wildman–Crippen LogP) is 4.10. The minimum absolute atomic E-state index is 0.0596. The molecule has 2 aliphatic rings. The van der Waals surface area contributed by atoms with Gasteiger partial charge in [0.05, 0.1) is 24.6 Å². The van der Waals surface area contributed by atoms with Crippen LogP contribution in [0.25, 0.3) is 6.08 Å². The molecule has 11 heteroatoms. The van der Waals surface area contributed by atoms with Crippen LogP contribution >= 0.6 is 23.1 Å². The van der Waals surface area contributed by atoms with Gasteiger partial charge in [-0.3, -0.25) is 19.2 Å². The lowest BCUT2D eigenvalue weighted by molar-refractivity contribution is -0.123. The second-order valence-corrected chi connectivity index (χ2v) is 11.3. The third kappa shape index (κ3) is 5.89. The average molecular weight is 530 g/mol. The van der Waals surface area contributed by atoms with Crippen LogP contribution in [-0.4, -0.2) is 57.0 Å². The Morgan fingerprint density at radius 3 is 2.75 bits per heavy atom. The van der Waals surface area contributed by atoms with Crippen molar-refractivity contribution in [2.75, 3.05) is 24.7 Å². The van der Waals surface area contributed by atoms with E-state index in [-0.39, 0.29) is 23.5 Å². The van der Waals surface area contributed by atoms with Crippen molar-refractivity contribution in [1.82, 2.24) is 14.7 Å². The van der Waals surface area contributed by atoms with Gasteiger partial charge in [0.15, 0.2) is 5.17 Å². The number of amides is 2. The van der Waals surface area contributed by atoms with Gasteiger partial charge in [0.1, 0.15) is 10.7 Å². The van der Waals surface area contributed by atoms with Crippen LogP contribution in [0.3, 0.4) is 0 Å². The monoisotopic (exact) mass is 529 g/mol. The lowest BCUT2D eigenvalue weighted by Crippen LogP contribution is -2.34. The first-order valence-corrected chi connectivity index (χ1v) is 13.8. The zero-order chi connectivity index (χ0) is 25.8. The summed E-state index contributed by atoms with van der Waals surface area (Å²) >= 11 is 2.68. The van der Waals surface area contributed by atoms with Crippen molar-refractivity contribution in [2.45, 2.75) is 46.0 Å². The molecule has 1 aliphatic carbocycles. The number of ether oxygens (including phenoxy) is 1. The fourth-order valence-corrected chi connectivity index (χ4v) is 6.38. The Morgan fingerprint density at radius 2 is 2.06 bits per heavy atom. The first-order valence-electron chi connectivity index (χ1n) is 12.0. The van der Waals surface area contributed by atoms with Gasteiger partial charge >= 0.3 is 5.97 Å². The summed E-state index contributed by atoms with van der Waals surface area (Å²) in [5.74, 6) is -0.576. The molecule has 192 valence electrons. The van der Waals surface area contributed by atoms with Crippen LogP contribution in [0.5, 0.6) is 0 Å². The Kier molecular flexibility index (Phi) is 8.30. The van der Waals surface area contributed by atoms with Crippen LogP contribution in [0, 0.1) is 5.92 Å². The summed E-state index contributed by atoms with van der Waals surface area (Å²) in [4.78, 5) is 45.8. The number of hydrogen-bond donors (Lipinski definition) is 1. The highest BCUT2D eigenvalue weighted by Gasteiger charge is 2.32. The fourth-order valence-electron chi connectivity index (χ4n) is 4.28. The zero-order valence-electron chi connectivity index (χ0n) is 21.0. The van der Waals surface area contributed by atoms with Crippen molar-refractivity contribution < 1.29 is 19.1 Å². The van der Waals surface area contributed by atoms with Crippen molar-refractivity contribution >= 4 is 57.1 Å². The van der Waals surface area contributed by atoms with Crippen molar-refractivity contribution in [1.29, 1.82) is 0 Å². The van der Waals surface area contributed by atoms with Crippen molar-refractivity contribution in [3.63, 3.8) is 0 Å². The third-order valence-electron chi connectivity index (χ3n) is 5.88. The summed E-state index contributed by atoms with van der Waals surface area (Å²) in [6.07, 6.45) is 10.1. The molecule has 0 saturated heterocycles. The van der Waals surface area contributed by atoms with E-state index in [1.54, 1.807) is 21.9 Å². The molecule has 2 amide bonds. The summed E-state index contributed by atoms with van der Waals surface area (Å²) in [5.41, 5.74) is 2.59. The lowest BCUT2D eigenvalue weighted by atomic mass is 10.1. The van der Waals surface area contributed by atoms with Crippen molar-refractivity contribution in [3.05, 3.63) is 39.7 Å². The van der Waals surface area contributed by atoms with Crippen LogP contribution < -0.4 is 5.32 Å². The van der Waals surface area contributed by atoms with Gasteiger partial charge in [0.2, 0.25) is 5.91 Å². The molecule has 0 saturated carbocycles. The number of nitrogens with one attached hydrogen (secondary N) is 1. The van der Waals surface area contributed by atoms with Gasteiger partial charge in [-0.15, -0.1) is 11.3 Å². The molecule has 2 aromatic heterocycles. The molecule has 0 radical (unpaired) electrons. The molecule has 9 nitrogen and oxygen atoms in total. The topological polar surface area (TPSA) is 106 Å². The molecule has 0 fully saturated rings. The second kappa shape index (κ2) is 11.4. The molecule has 36 heavy (non-hydrogen) atoms. The molecule has 4 rings (SSSR count). The summed E-state index contributed by atoms with van der Waals surface area (Å²) in [7, 11) is 3.17. The first kappa shape index (κ1) is 26.2. The predicted molar refractivity (Wildman–Crippen MR) is 143 cm³/mol. The standard InChI is InChI=1S/C25H31N5O4S2/c1-15(2)12-30-23(32)18(10-16-11-26-29(3)13-16)27-25(30)35-14-20(31)28-22-21(24(33)34-4)17-8-6-5-7-9-19(17)36-22/h10-11,13,15H,5-9,12,14H2,1-4H3,(H,28,31). The number of carbonyl (C=O) groups is 3. The lowest BCUT2D eigenvalue weighted by Gasteiger charge is -2.19. The summed E-state index contributed by atoms with van der Waals surface area (Å²) in [5, 5.41) is 8.09. The van der Waals surface area contributed by atoms with Crippen LogP contribution in [-0.2, 0) is 34.2 Å². The number of methoxy groups -OCH3 is 1. The minimum Gasteiger partial charge on any atom is -0.465 e. The van der Waals surface area contributed by atoms with E-state index in [4.69, 9.17) is 4.74 Å². The summed E-state index contributed by atoms with van der Waals surface area (Å²) in [6.45, 7) is 4.56. The van der Waals surface area contributed by atoms with E-state index in [0.717, 1.165) is 48.1 Å². The van der Waals surface area contributed by atoms with Gasteiger partial charge < -0.3 is 10.1 Å². The van der Waals surface area contributed by atoms with E-state index in [1.165, 1.54) is 30.2 Å². The molecule has 0 spiro atoms. The smallest absolute Gasteiger partial charge is 0.341 e. The van der Waals surface area contributed by atoms with E-state index in [1.807, 2.05) is 27.1 Å². The van der Waals surface area contributed by atoms with E-state index >= 15 is 0 Å². The van der Waals surface area contributed by atoms with Gasteiger partial charge in [-0.25, -0.2) is 9.79 Å². The molecule has 1 N–H and O–H groups in total. The van der Waals surface area contributed by atoms with Gasteiger partial charge in [-0.05, 0) is 43.2 Å². The van der Waals surface area contributed by atoms with E-state index in [9.17, 15) is 14.4 Å². The number of fused-ring (bicyclic) bond motifs is 1. The Bertz CT molecular complexity index is 1230. The molecule has 0 bridgehead atoms. The van der Waals surface area contributed by atoms with E-state index in [2.05, 4.69) is 15.4 Å². The number of aryl methyl sites for hydroxylation is 2. The Balaban J connectivity index is 1.50. The van der Waals surface area contributed by atoms with E-state index in [0.29, 0.717) is 28.0 Å². The number of hydrogen-bond acceptors (Lipinski definition) is 8. The fraction of sp³-hybridized carbons (Fsp3) is 0.480. The highest BCUT2D eigenvalue weighted by molar-refractivity contribution is 8.14. The molecule has 0 aromatic carbocycles. The third-order valence-corrected chi connectivity index (χ3v) is 8.07. The van der Waals surface area contributed by atoms with Gasteiger partial charge in [-0.1, -0.05) is 32.0 Å². The van der Waals surface area contributed by atoms with Crippen LogP contribution in [0.4, 0.5) is 5.00 Å². The number of nitrogens with zero attached hydrogens (tertiary/aromatic N) is 4. The molecule has 3 heterocycles. The summed E-state index contributed by atoms with van der Waals surface area (Å²) in [6, 6.07) is 0. The maximum Gasteiger partial charge on any atom is 0.341 e. The highest BCUT2D eigenvalue weighted by Crippen LogP contribution is 2.38. The number of aliphatic imine (C=N–C) groups is 1. The Hall–Kier alpha value is -2.92. The number of esters is 1. The molecular weight excluding hydrogens is 498 g/mol. The zero-order valence-corrected chi connectivity index (χ0v) is 22.6.